The van der Waals surface area contributed by atoms with Crippen LogP contribution in [0.15, 0.2) is 72.8 Å². The van der Waals surface area contributed by atoms with Gasteiger partial charge in [0.2, 0.25) is 0 Å². The van der Waals surface area contributed by atoms with E-state index in [1.54, 1.807) is 12.1 Å². The third-order valence-corrected chi connectivity index (χ3v) is 4.48. The quantitative estimate of drug-likeness (QED) is 0.484. The van der Waals surface area contributed by atoms with Crippen molar-refractivity contribution in [1.29, 1.82) is 0 Å². The Morgan fingerprint density at radius 2 is 1.46 bits per heavy atom. The van der Waals surface area contributed by atoms with Crippen molar-refractivity contribution in [2.24, 2.45) is 0 Å². The first-order chi connectivity index (χ1) is 12.6. The molecule has 0 aliphatic carbocycles. The van der Waals surface area contributed by atoms with Gasteiger partial charge in [0, 0.05) is 11.4 Å². The lowest BCUT2D eigenvalue weighted by atomic mass is 10.2. The molecular weight excluding hydrogens is 387 g/mol. The number of anilines is 2. The average Bonchev–Trinajstić information content (AvgIpc) is 2.65. The summed E-state index contributed by atoms with van der Waals surface area (Å²) in [4.78, 5) is 0. The average molecular weight is 403 g/mol. The molecule has 0 atom stereocenters. The summed E-state index contributed by atoms with van der Waals surface area (Å²) in [5.41, 5.74) is 2.75. The second-order valence-corrected chi connectivity index (χ2v) is 6.73. The van der Waals surface area contributed by atoms with Gasteiger partial charge in [0.1, 0.15) is 12.4 Å². The van der Waals surface area contributed by atoms with Gasteiger partial charge >= 0.3 is 0 Å². The summed E-state index contributed by atoms with van der Waals surface area (Å²) < 4.78 is 5.77. The topological polar surface area (TPSA) is 33.3 Å². The van der Waals surface area contributed by atoms with E-state index in [0.717, 1.165) is 22.7 Å². The normalized spacial score (nSPS) is 10.2. The highest BCUT2D eigenvalue weighted by Crippen LogP contribution is 2.25. The number of thiocarbonyl (C=S) groups is 1. The highest BCUT2D eigenvalue weighted by Gasteiger charge is 2.03. The molecule has 0 unspecified atom stereocenters. The van der Waals surface area contributed by atoms with E-state index in [1.807, 2.05) is 60.7 Å². The van der Waals surface area contributed by atoms with Crippen LogP contribution in [0.4, 0.5) is 11.4 Å². The summed E-state index contributed by atoms with van der Waals surface area (Å²) in [5, 5.41) is 7.61. The Labute approximate surface area is 167 Å². The van der Waals surface area contributed by atoms with Crippen LogP contribution in [0.5, 0.6) is 5.75 Å². The molecule has 0 saturated carbocycles. The van der Waals surface area contributed by atoms with Crippen molar-refractivity contribution in [3.05, 3.63) is 88.4 Å². The van der Waals surface area contributed by atoms with Crippen molar-refractivity contribution in [1.82, 2.24) is 0 Å². The fourth-order valence-electron chi connectivity index (χ4n) is 2.24. The smallest absolute Gasteiger partial charge is 0.175 e. The molecule has 0 fully saturated rings. The maximum Gasteiger partial charge on any atom is 0.175 e. The summed E-state index contributed by atoms with van der Waals surface area (Å²) in [7, 11) is 0. The molecule has 0 aliphatic rings. The van der Waals surface area contributed by atoms with E-state index in [-0.39, 0.29) is 0 Å². The van der Waals surface area contributed by atoms with E-state index in [4.69, 9.17) is 40.2 Å². The number of hydrogen-bond acceptors (Lipinski definition) is 2. The number of halogens is 2. The maximum atomic E-state index is 6.00. The molecule has 0 saturated heterocycles. The van der Waals surface area contributed by atoms with Crippen LogP contribution in [0.2, 0.25) is 10.0 Å². The van der Waals surface area contributed by atoms with E-state index < -0.39 is 0 Å². The van der Waals surface area contributed by atoms with Gasteiger partial charge in [0.25, 0.3) is 0 Å². The lowest BCUT2D eigenvalue weighted by Gasteiger charge is -2.12. The number of ether oxygens (including phenoxy) is 1. The molecule has 3 nitrogen and oxygen atoms in total. The Bertz CT molecular complexity index is 886. The van der Waals surface area contributed by atoms with Gasteiger partial charge in [-0.15, -0.1) is 0 Å². The summed E-state index contributed by atoms with van der Waals surface area (Å²) in [6.45, 7) is 0.533. The first-order valence-electron chi connectivity index (χ1n) is 7.90. The molecule has 3 rings (SSSR count). The molecule has 26 heavy (non-hydrogen) atoms. The molecule has 0 heterocycles. The second-order valence-electron chi connectivity index (χ2n) is 5.51. The Morgan fingerprint density at radius 3 is 2.15 bits per heavy atom. The van der Waals surface area contributed by atoms with E-state index in [2.05, 4.69) is 10.6 Å². The van der Waals surface area contributed by atoms with E-state index in [9.17, 15) is 0 Å². The van der Waals surface area contributed by atoms with Gasteiger partial charge in [-0.05, 0) is 60.2 Å². The van der Waals surface area contributed by atoms with E-state index in [0.29, 0.717) is 21.8 Å². The monoisotopic (exact) mass is 402 g/mol. The second kappa shape index (κ2) is 8.90. The Balaban J connectivity index is 1.53. The van der Waals surface area contributed by atoms with Gasteiger partial charge in [0.15, 0.2) is 5.11 Å². The fraction of sp³-hybridized carbons (Fsp3) is 0.0500. The Hall–Kier alpha value is -2.27. The van der Waals surface area contributed by atoms with Crippen molar-refractivity contribution in [2.45, 2.75) is 6.61 Å². The Morgan fingerprint density at radius 1 is 0.808 bits per heavy atom. The molecule has 6 heteroatoms. The maximum absolute atomic E-state index is 6.00. The predicted molar refractivity (Wildman–Crippen MR) is 114 cm³/mol. The van der Waals surface area contributed by atoms with Crippen molar-refractivity contribution in [2.75, 3.05) is 10.6 Å². The molecular formula is C20H16Cl2N2OS. The van der Waals surface area contributed by atoms with Crippen molar-refractivity contribution in [3.8, 4) is 5.75 Å². The minimum absolute atomic E-state index is 0.460. The number of hydrogen-bond donors (Lipinski definition) is 2. The molecule has 0 aromatic heterocycles. The minimum Gasteiger partial charge on any atom is -0.489 e. The van der Waals surface area contributed by atoms with Gasteiger partial charge in [-0.3, -0.25) is 0 Å². The number of rotatable bonds is 5. The largest absolute Gasteiger partial charge is 0.489 e. The van der Waals surface area contributed by atoms with Gasteiger partial charge in [0.05, 0.1) is 10.0 Å². The summed E-state index contributed by atoms with van der Waals surface area (Å²) in [5.74, 6) is 0.794. The highest BCUT2D eigenvalue weighted by molar-refractivity contribution is 7.80. The highest BCUT2D eigenvalue weighted by atomic mass is 35.5. The predicted octanol–water partition coefficient (Wildman–Crippen LogP) is 6.38. The lowest BCUT2D eigenvalue weighted by Crippen LogP contribution is -2.18. The van der Waals surface area contributed by atoms with Gasteiger partial charge < -0.3 is 15.4 Å². The molecule has 0 amide bonds. The fourth-order valence-corrected chi connectivity index (χ4v) is 2.78. The zero-order valence-electron chi connectivity index (χ0n) is 13.7. The number of nitrogens with one attached hydrogen (secondary N) is 2. The van der Waals surface area contributed by atoms with Gasteiger partial charge in [-0.1, -0.05) is 53.5 Å². The molecule has 3 aromatic carbocycles. The lowest BCUT2D eigenvalue weighted by molar-refractivity contribution is 0.306. The van der Waals surface area contributed by atoms with Gasteiger partial charge in [-0.2, -0.15) is 0 Å². The molecule has 0 spiro atoms. The van der Waals surface area contributed by atoms with Crippen LogP contribution in [0, 0.1) is 0 Å². The van der Waals surface area contributed by atoms with E-state index >= 15 is 0 Å². The van der Waals surface area contributed by atoms with Crippen LogP contribution < -0.4 is 15.4 Å². The summed E-state index contributed by atoms with van der Waals surface area (Å²) in [6, 6.07) is 22.9. The summed E-state index contributed by atoms with van der Waals surface area (Å²) in [6.07, 6.45) is 0. The zero-order valence-corrected chi connectivity index (χ0v) is 16.0. The SMILES string of the molecule is S=C(Nc1ccc(OCc2ccccc2)cc1)Nc1ccc(Cl)c(Cl)c1. The summed E-state index contributed by atoms with van der Waals surface area (Å²) >= 11 is 17.2. The molecule has 2 N–H and O–H groups in total. The van der Waals surface area contributed by atoms with Crippen molar-refractivity contribution in [3.63, 3.8) is 0 Å². The van der Waals surface area contributed by atoms with Crippen LogP contribution in [0.25, 0.3) is 0 Å². The minimum atomic E-state index is 0.460. The molecule has 0 radical (unpaired) electrons. The first kappa shape index (κ1) is 18.5. The third kappa shape index (κ3) is 5.36. The van der Waals surface area contributed by atoms with Crippen LogP contribution in [0.3, 0.4) is 0 Å². The van der Waals surface area contributed by atoms with Crippen LogP contribution >= 0.6 is 35.4 Å². The molecule has 3 aromatic rings. The Kier molecular flexibility index (Phi) is 6.34. The standard InChI is InChI=1S/C20H16Cl2N2OS/c21-18-11-8-16(12-19(18)22)24-20(26)23-15-6-9-17(10-7-15)25-13-14-4-2-1-3-5-14/h1-12H,13H2,(H2,23,24,26). The van der Waals surface area contributed by atoms with Crippen LogP contribution in [-0.4, -0.2) is 5.11 Å². The van der Waals surface area contributed by atoms with Gasteiger partial charge in [-0.25, -0.2) is 0 Å². The molecule has 0 aliphatic heterocycles. The first-order valence-corrected chi connectivity index (χ1v) is 9.06. The zero-order chi connectivity index (χ0) is 18.4. The van der Waals surface area contributed by atoms with E-state index in [1.165, 1.54) is 0 Å². The molecule has 0 bridgehead atoms. The third-order valence-electron chi connectivity index (χ3n) is 3.54. The van der Waals surface area contributed by atoms with Crippen LogP contribution in [-0.2, 0) is 6.61 Å². The van der Waals surface area contributed by atoms with Crippen molar-refractivity contribution >= 4 is 51.9 Å². The van der Waals surface area contributed by atoms with Crippen molar-refractivity contribution < 1.29 is 4.74 Å². The molecule has 132 valence electrons. The van der Waals surface area contributed by atoms with Crippen LogP contribution in [0.1, 0.15) is 5.56 Å². The number of benzene rings is 3.